The van der Waals surface area contributed by atoms with Crippen LogP contribution in [-0.4, -0.2) is 13.1 Å². The van der Waals surface area contributed by atoms with Gasteiger partial charge in [0.05, 0.1) is 0 Å². The predicted molar refractivity (Wildman–Crippen MR) is 71.7 cm³/mol. The fraction of sp³-hybridized carbons (Fsp3) is 0.467. The average molecular weight is 228 g/mol. The van der Waals surface area contributed by atoms with Crippen molar-refractivity contribution in [3.63, 3.8) is 0 Å². The van der Waals surface area contributed by atoms with Crippen molar-refractivity contribution in [2.75, 3.05) is 13.1 Å². The van der Waals surface area contributed by atoms with Crippen molar-refractivity contribution in [3.05, 3.63) is 41.5 Å². The highest BCUT2D eigenvalue weighted by atomic mass is 14.9. The summed E-state index contributed by atoms with van der Waals surface area (Å²) >= 11 is 0. The summed E-state index contributed by atoms with van der Waals surface area (Å²) in [6.07, 6.45) is 5.48. The number of rotatable bonds is 1. The molecule has 1 atom stereocenters. The van der Waals surface area contributed by atoms with Gasteiger partial charge in [0.15, 0.2) is 0 Å². The number of nitrogens with one attached hydrogen (secondary N) is 1. The monoisotopic (exact) mass is 228 g/mol. The zero-order valence-corrected chi connectivity index (χ0v) is 10.2. The second kappa shape index (κ2) is 3.97. The molecular weight excluding hydrogens is 208 g/mol. The quantitative estimate of drug-likeness (QED) is 0.773. The molecule has 0 bridgehead atoms. The van der Waals surface area contributed by atoms with Crippen LogP contribution in [0.15, 0.2) is 24.8 Å². The largest absolute Gasteiger partial charge is 0.323 e. The van der Waals surface area contributed by atoms with Crippen LogP contribution in [0.4, 0.5) is 0 Å². The summed E-state index contributed by atoms with van der Waals surface area (Å²) in [4.78, 5) is 0. The molecule has 0 aromatic heterocycles. The second-order valence-electron chi connectivity index (χ2n) is 5.39. The highest BCUT2D eigenvalue weighted by Crippen LogP contribution is 2.50. The smallest absolute Gasteiger partial charge is 0.0359 e. The van der Waals surface area contributed by atoms with Crippen LogP contribution in [-0.2, 0) is 6.42 Å². The average Bonchev–Trinajstić information content (AvgIpc) is 2.64. The van der Waals surface area contributed by atoms with Crippen molar-refractivity contribution < 1.29 is 0 Å². The van der Waals surface area contributed by atoms with Gasteiger partial charge in [0.1, 0.15) is 0 Å². The van der Waals surface area contributed by atoms with Crippen LogP contribution in [0.5, 0.6) is 0 Å². The standard InChI is InChI=1S/C15H20N2/c1-2-11-4-3-5-12-13(11)10-15(14(12)16)6-8-17-9-7-15/h2-5,14,17H,1,6-10,16H2/t14-/m1/s1. The SMILES string of the molecule is C=Cc1cccc2c1CC1(CCNCC1)[C@@H]2N. The van der Waals surface area contributed by atoms with E-state index in [1.807, 2.05) is 6.08 Å². The van der Waals surface area contributed by atoms with E-state index in [0.717, 1.165) is 19.5 Å². The molecule has 1 aliphatic heterocycles. The lowest BCUT2D eigenvalue weighted by molar-refractivity contribution is 0.174. The molecule has 0 amide bonds. The molecule has 0 radical (unpaired) electrons. The minimum absolute atomic E-state index is 0.208. The van der Waals surface area contributed by atoms with Crippen molar-refractivity contribution >= 4 is 6.08 Å². The lowest BCUT2D eigenvalue weighted by atomic mass is 9.73. The summed E-state index contributed by atoms with van der Waals surface area (Å²) in [7, 11) is 0. The molecule has 0 saturated carbocycles. The van der Waals surface area contributed by atoms with Gasteiger partial charge in [-0.25, -0.2) is 0 Å². The van der Waals surface area contributed by atoms with Crippen LogP contribution in [0.2, 0.25) is 0 Å². The van der Waals surface area contributed by atoms with Crippen LogP contribution in [0.1, 0.15) is 35.6 Å². The molecule has 0 unspecified atom stereocenters. The van der Waals surface area contributed by atoms with Gasteiger partial charge < -0.3 is 11.1 Å². The molecule has 3 N–H and O–H groups in total. The van der Waals surface area contributed by atoms with E-state index in [2.05, 4.69) is 30.1 Å². The highest BCUT2D eigenvalue weighted by Gasteiger charge is 2.44. The number of hydrogen-bond acceptors (Lipinski definition) is 2. The minimum Gasteiger partial charge on any atom is -0.323 e. The zero-order chi connectivity index (χ0) is 11.9. The first-order chi connectivity index (χ1) is 8.27. The van der Waals surface area contributed by atoms with Crippen molar-refractivity contribution in [2.45, 2.75) is 25.3 Å². The Morgan fingerprint density at radius 2 is 2.12 bits per heavy atom. The molecule has 1 aromatic carbocycles. The van der Waals surface area contributed by atoms with Crippen LogP contribution >= 0.6 is 0 Å². The van der Waals surface area contributed by atoms with Crippen LogP contribution < -0.4 is 11.1 Å². The first-order valence-corrected chi connectivity index (χ1v) is 6.47. The first kappa shape index (κ1) is 11.0. The minimum atomic E-state index is 0.208. The van der Waals surface area contributed by atoms with Gasteiger partial charge in [-0.15, -0.1) is 0 Å². The molecule has 2 nitrogen and oxygen atoms in total. The Balaban J connectivity index is 2.04. The van der Waals surface area contributed by atoms with Gasteiger partial charge in [-0.3, -0.25) is 0 Å². The molecule has 2 aliphatic rings. The molecule has 3 rings (SSSR count). The summed E-state index contributed by atoms with van der Waals surface area (Å²) in [6, 6.07) is 6.66. The maximum absolute atomic E-state index is 6.52. The second-order valence-corrected chi connectivity index (χ2v) is 5.39. The third kappa shape index (κ3) is 1.55. The topological polar surface area (TPSA) is 38.0 Å². The number of nitrogens with two attached hydrogens (primary N) is 1. The van der Waals surface area contributed by atoms with Gasteiger partial charge in [-0.1, -0.05) is 30.9 Å². The van der Waals surface area contributed by atoms with E-state index in [9.17, 15) is 0 Å². The predicted octanol–water partition coefficient (Wildman–Crippen LogP) is 2.26. The highest BCUT2D eigenvalue weighted by molar-refractivity contribution is 5.57. The fourth-order valence-electron chi connectivity index (χ4n) is 3.51. The maximum Gasteiger partial charge on any atom is 0.0359 e. The van der Waals surface area contributed by atoms with Crippen LogP contribution in [0, 0.1) is 5.41 Å². The number of hydrogen-bond donors (Lipinski definition) is 2. The first-order valence-electron chi connectivity index (χ1n) is 6.47. The van der Waals surface area contributed by atoms with E-state index in [4.69, 9.17) is 5.73 Å². The third-order valence-corrected chi connectivity index (χ3v) is 4.59. The molecular formula is C15H20N2. The Morgan fingerprint density at radius 3 is 2.82 bits per heavy atom. The summed E-state index contributed by atoms with van der Waals surface area (Å²) < 4.78 is 0. The number of piperidine rings is 1. The van der Waals surface area contributed by atoms with Crippen LogP contribution in [0.3, 0.4) is 0 Å². The molecule has 2 heteroatoms. The molecule has 1 saturated heterocycles. The zero-order valence-electron chi connectivity index (χ0n) is 10.2. The lowest BCUT2D eigenvalue weighted by Gasteiger charge is -2.37. The van der Waals surface area contributed by atoms with Crippen molar-refractivity contribution in [1.82, 2.24) is 5.32 Å². The van der Waals surface area contributed by atoms with Gasteiger partial charge in [0, 0.05) is 6.04 Å². The summed E-state index contributed by atoms with van der Waals surface area (Å²) in [5, 5.41) is 3.44. The summed E-state index contributed by atoms with van der Waals surface area (Å²) in [5.74, 6) is 0. The van der Waals surface area contributed by atoms with Gasteiger partial charge >= 0.3 is 0 Å². The van der Waals surface area contributed by atoms with Crippen molar-refractivity contribution in [3.8, 4) is 0 Å². The molecule has 1 fully saturated rings. The van der Waals surface area contributed by atoms with Gasteiger partial charge in [-0.05, 0) is 54.5 Å². The normalized spacial score (nSPS) is 25.8. The van der Waals surface area contributed by atoms with E-state index in [-0.39, 0.29) is 6.04 Å². The molecule has 1 spiro atoms. The Morgan fingerprint density at radius 1 is 1.35 bits per heavy atom. The Hall–Kier alpha value is -1.12. The molecule has 90 valence electrons. The third-order valence-electron chi connectivity index (χ3n) is 4.59. The van der Waals surface area contributed by atoms with E-state index in [1.165, 1.54) is 29.5 Å². The van der Waals surface area contributed by atoms with Gasteiger partial charge in [0.2, 0.25) is 0 Å². The van der Waals surface area contributed by atoms with E-state index >= 15 is 0 Å². The lowest BCUT2D eigenvalue weighted by Crippen LogP contribution is -2.42. The molecule has 1 aromatic rings. The van der Waals surface area contributed by atoms with Gasteiger partial charge in [-0.2, -0.15) is 0 Å². The summed E-state index contributed by atoms with van der Waals surface area (Å²) in [6.45, 7) is 6.12. The Labute approximate surface area is 103 Å². The number of fused-ring (bicyclic) bond motifs is 1. The van der Waals surface area contributed by atoms with Crippen LogP contribution in [0.25, 0.3) is 6.08 Å². The maximum atomic E-state index is 6.52. The molecule has 1 heterocycles. The van der Waals surface area contributed by atoms with Crippen molar-refractivity contribution in [1.29, 1.82) is 0 Å². The van der Waals surface area contributed by atoms with Crippen molar-refractivity contribution in [2.24, 2.45) is 11.1 Å². The van der Waals surface area contributed by atoms with E-state index in [1.54, 1.807) is 0 Å². The molecule has 17 heavy (non-hydrogen) atoms. The Bertz CT molecular complexity index is 444. The van der Waals surface area contributed by atoms with E-state index < -0.39 is 0 Å². The summed E-state index contributed by atoms with van der Waals surface area (Å²) in [5.41, 5.74) is 10.9. The number of benzene rings is 1. The van der Waals surface area contributed by atoms with E-state index in [0.29, 0.717) is 5.41 Å². The molecule has 1 aliphatic carbocycles. The van der Waals surface area contributed by atoms with Gasteiger partial charge in [0.25, 0.3) is 0 Å². The Kier molecular flexibility index (Phi) is 2.57. The fourth-order valence-corrected chi connectivity index (χ4v) is 3.51.